The first-order chi connectivity index (χ1) is 15.6. The molecule has 0 saturated carbocycles. The Morgan fingerprint density at radius 1 is 0.969 bits per heavy atom. The zero-order chi connectivity index (χ0) is 22.9. The first-order valence-electron chi connectivity index (χ1n) is 11.1. The van der Waals surface area contributed by atoms with Crippen molar-refractivity contribution in [2.45, 2.75) is 32.4 Å². The van der Waals surface area contributed by atoms with E-state index in [1.54, 1.807) is 28.4 Å². The summed E-state index contributed by atoms with van der Waals surface area (Å²) in [5.41, 5.74) is 3.63. The number of methoxy groups -OCH3 is 3. The Bertz CT molecular complexity index is 868. The molecule has 1 saturated heterocycles. The van der Waals surface area contributed by atoms with Crippen LogP contribution in [0.4, 0.5) is 0 Å². The molecule has 7 heteroatoms. The van der Waals surface area contributed by atoms with Gasteiger partial charge in [-0.15, -0.1) is 0 Å². The molecule has 1 atom stereocenters. The number of rotatable bonds is 9. The number of ether oxygens (including phenoxy) is 3. The van der Waals surface area contributed by atoms with Crippen molar-refractivity contribution in [1.29, 1.82) is 0 Å². The molecule has 0 bridgehead atoms. The Hall–Kier alpha value is -2.93. The number of benzene rings is 2. The molecule has 2 aromatic carbocycles. The highest BCUT2D eigenvalue weighted by atomic mass is 16.5. The van der Waals surface area contributed by atoms with Crippen molar-refractivity contribution in [3.05, 3.63) is 53.1 Å². The minimum atomic E-state index is 0.317. The van der Waals surface area contributed by atoms with E-state index in [-0.39, 0.29) is 0 Å². The monoisotopic (exact) mass is 440 g/mol. The van der Waals surface area contributed by atoms with Crippen molar-refractivity contribution >= 4 is 5.96 Å². The minimum Gasteiger partial charge on any atom is -0.493 e. The lowest BCUT2D eigenvalue weighted by atomic mass is 10.0. The van der Waals surface area contributed by atoms with Crippen LogP contribution in [0.15, 0.2) is 41.4 Å². The van der Waals surface area contributed by atoms with Crippen molar-refractivity contribution < 1.29 is 14.2 Å². The van der Waals surface area contributed by atoms with Crippen molar-refractivity contribution in [1.82, 2.24) is 15.5 Å². The fourth-order valence-corrected chi connectivity index (χ4v) is 4.14. The van der Waals surface area contributed by atoms with Gasteiger partial charge in [0.1, 0.15) is 0 Å². The second-order valence-electron chi connectivity index (χ2n) is 8.01. The normalized spacial score (nSPS) is 15.3. The third-order valence-corrected chi connectivity index (χ3v) is 5.91. The lowest BCUT2D eigenvalue weighted by Crippen LogP contribution is -2.42. The summed E-state index contributed by atoms with van der Waals surface area (Å²) in [5, 5.41) is 6.92. The maximum Gasteiger partial charge on any atom is 0.203 e. The molecular weight excluding hydrogens is 404 g/mol. The van der Waals surface area contributed by atoms with Gasteiger partial charge in [-0.3, -0.25) is 9.89 Å². The predicted octanol–water partition coefficient (Wildman–Crippen LogP) is 3.52. The van der Waals surface area contributed by atoms with Gasteiger partial charge in [-0.25, -0.2) is 0 Å². The maximum absolute atomic E-state index is 5.46. The first-order valence-corrected chi connectivity index (χ1v) is 11.1. The van der Waals surface area contributed by atoms with Gasteiger partial charge in [-0.2, -0.15) is 0 Å². The summed E-state index contributed by atoms with van der Waals surface area (Å²) in [6, 6.07) is 13.1. The molecular formula is C25H36N4O3. The number of nitrogens with one attached hydrogen (secondary N) is 2. The van der Waals surface area contributed by atoms with Gasteiger partial charge in [0.15, 0.2) is 17.5 Å². The highest BCUT2D eigenvalue weighted by Gasteiger charge is 2.23. The average Bonchev–Trinajstić information content (AvgIpc) is 3.36. The number of nitrogens with zero attached hydrogens (tertiary/aromatic N) is 2. The zero-order valence-electron chi connectivity index (χ0n) is 19.9. The molecule has 0 radical (unpaired) electrons. The van der Waals surface area contributed by atoms with Crippen molar-refractivity contribution in [3.63, 3.8) is 0 Å². The molecule has 1 unspecified atom stereocenters. The SMILES string of the molecule is CN=C(NCc1cc(OC)c(OC)c(OC)c1)NCC(c1ccc(C)cc1)N1CCCC1. The Morgan fingerprint density at radius 3 is 2.12 bits per heavy atom. The van der Waals surface area contributed by atoms with Crippen LogP contribution in [0, 0.1) is 6.92 Å². The van der Waals surface area contributed by atoms with Gasteiger partial charge in [0, 0.05) is 20.1 Å². The number of aliphatic imine (C=N–C) groups is 1. The van der Waals surface area contributed by atoms with E-state index in [0.717, 1.165) is 31.2 Å². The first kappa shape index (κ1) is 23.7. The van der Waals surface area contributed by atoms with Crippen LogP contribution in [-0.4, -0.2) is 58.9 Å². The van der Waals surface area contributed by atoms with E-state index in [1.807, 2.05) is 12.1 Å². The lowest BCUT2D eigenvalue weighted by molar-refractivity contribution is 0.245. The largest absolute Gasteiger partial charge is 0.493 e. The van der Waals surface area contributed by atoms with E-state index in [0.29, 0.717) is 29.8 Å². The molecule has 1 heterocycles. The van der Waals surface area contributed by atoms with Gasteiger partial charge >= 0.3 is 0 Å². The fraction of sp³-hybridized carbons (Fsp3) is 0.480. The summed E-state index contributed by atoms with van der Waals surface area (Å²) >= 11 is 0. The molecule has 2 aromatic rings. The molecule has 0 aromatic heterocycles. The second-order valence-corrected chi connectivity index (χ2v) is 8.01. The van der Waals surface area contributed by atoms with E-state index >= 15 is 0 Å². The number of hydrogen-bond donors (Lipinski definition) is 2. The van der Waals surface area contributed by atoms with E-state index in [9.17, 15) is 0 Å². The van der Waals surface area contributed by atoms with Crippen LogP contribution in [-0.2, 0) is 6.54 Å². The third-order valence-electron chi connectivity index (χ3n) is 5.91. The quantitative estimate of drug-likeness (QED) is 0.459. The van der Waals surface area contributed by atoms with E-state index in [2.05, 4.69) is 51.7 Å². The van der Waals surface area contributed by atoms with Crippen LogP contribution >= 0.6 is 0 Å². The smallest absolute Gasteiger partial charge is 0.203 e. The summed E-state index contributed by atoms with van der Waals surface area (Å²) in [4.78, 5) is 6.98. The van der Waals surface area contributed by atoms with Crippen molar-refractivity contribution in [2.75, 3.05) is 48.0 Å². The van der Waals surface area contributed by atoms with Crippen LogP contribution in [0.1, 0.15) is 35.6 Å². The molecule has 1 aliphatic rings. The van der Waals surface area contributed by atoms with Crippen LogP contribution in [0.5, 0.6) is 17.2 Å². The van der Waals surface area contributed by atoms with Crippen molar-refractivity contribution in [3.8, 4) is 17.2 Å². The Balaban J connectivity index is 1.66. The molecule has 32 heavy (non-hydrogen) atoms. The van der Waals surface area contributed by atoms with Crippen LogP contribution < -0.4 is 24.8 Å². The number of hydrogen-bond acceptors (Lipinski definition) is 5. The Labute approximate surface area is 191 Å². The van der Waals surface area contributed by atoms with Crippen LogP contribution in [0.2, 0.25) is 0 Å². The predicted molar refractivity (Wildman–Crippen MR) is 129 cm³/mol. The molecule has 174 valence electrons. The molecule has 1 aliphatic heterocycles. The molecule has 7 nitrogen and oxygen atoms in total. The van der Waals surface area contributed by atoms with E-state index < -0.39 is 0 Å². The zero-order valence-corrected chi connectivity index (χ0v) is 19.9. The Morgan fingerprint density at radius 2 is 1.59 bits per heavy atom. The minimum absolute atomic E-state index is 0.317. The average molecular weight is 441 g/mol. The van der Waals surface area contributed by atoms with Gasteiger partial charge in [0.05, 0.1) is 27.4 Å². The summed E-state index contributed by atoms with van der Waals surface area (Å²) < 4.78 is 16.3. The molecule has 0 spiro atoms. The van der Waals surface area contributed by atoms with Gasteiger partial charge in [-0.05, 0) is 56.1 Å². The molecule has 0 amide bonds. The molecule has 0 aliphatic carbocycles. The molecule has 3 rings (SSSR count). The summed E-state index contributed by atoms with van der Waals surface area (Å²) in [6.45, 7) is 5.77. The van der Waals surface area contributed by atoms with E-state index in [1.165, 1.54) is 24.0 Å². The Kier molecular flexibility index (Phi) is 8.62. The lowest BCUT2D eigenvalue weighted by Gasteiger charge is -2.29. The number of likely N-dealkylation sites (tertiary alicyclic amines) is 1. The molecule has 2 N–H and O–H groups in total. The van der Waals surface area contributed by atoms with Crippen LogP contribution in [0.3, 0.4) is 0 Å². The fourth-order valence-electron chi connectivity index (χ4n) is 4.14. The third kappa shape index (κ3) is 5.85. The topological polar surface area (TPSA) is 67.4 Å². The van der Waals surface area contributed by atoms with Gasteiger partial charge in [0.25, 0.3) is 0 Å². The van der Waals surface area contributed by atoms with Gasteiger partial charge in [0.2, 0.25) is 5.75 Å². The maximum atomic E-state index is 5.46. The van der Waals surface area contributed by atoms with E-state index in [4.69, 9.17) is 14.2 Å². The van der Waals surface area contributed by atoms with Gasteiger partial charge in [-0.1, -0.05) is 29.8 Å². The molecule has 1 fully saturated rings. The summed E-state index contributed by atoms with van der Waals surface area (Å²) in [6.07, 6.45) is 2.52. The number of aryl methyl sites for hydroxylation is 1. The highest BCUT2D eigenvalue weighted by Crippen LogP contribution is 2.38. The van der Waals surface area contributed by atoms with Crippen LogP contribution in [0.25, 0.3) is 0 Å². The summed E-state index contributed by atoms with van der Waals surface area (Å²) in [7, 11) is 6.65. The second kappa shape index (κ2) is 11.6. The van der Waals surface area contributed by atoms with Gasteiger partial charge < -0.3 is 24.8 Å². The standard InChI is InChI=1S/C25H36N4O3/c1-18-8-10-20(11-9-18)21(29-12-6-7-13-29)17-28-25(26-2)27-16-19-14-22(30-3)24(32-5)23(15-19)31-4/h8-11,14-15,21H,6-7,12-13,16-17H2,1-5H3,(H2,26,27,28). The number of guanidine groups is 1. The highest BCUT2D eigenvalue weighted by molar-refractivity contribution is 5.79. The van der Waals surface area contributed by atoms with Crippen molar-refractivity contribution in [2.24, 2.45) is 4.99 Å². The summed E-state index contributed by atoms with van der Waals surface area (Å²) in [5.74, 6) is 2.63.